The van der Waals surface area contributed by atoms with Crippen molar-refractivity contribution in [1.29, 1.82) is 0 Å². The molecule has 0 aliphatic carbocycles. The molecule has 0 saturated heterocycles. The normalized spacial score (nSPS) is 10.8. The van der Waals surface area contributed by atoms with Crippen molar-refractivity contribution in [1.82, 2.24) is 4.37 Å². The highest BCUT2D eigenvalue weighted by Crippen LogP contribution is 2.35. The van der Waals surface area contributed by atoms with Crippen LogP contribution in [0.25, 0.3) is 10.9 Å². The predicted octanol–water partition coefficient (Wildman–Crippen LogP) is 4.99. The first-order valence-corrected chi connectivity index (χ1v) is 6.78. The van der Waals surface area contributed by atoms with E-state index in [1.54, 1.807) is 12.1 Å². The molecule has 0 fully saturated rings. The number of halogens is 2. The summed E-state index contributed by atoms with van der Waals surface area (Å²) in [5.74, 6) is -0.200. The summed E-state index contributed by atoms with van der Waals surface area (Å²) in [7, 11) is 0. The van der Waals surface area contributed by atoms with Crippen molar-refractivity contribution in [2.75, 3.05) is 0 Å². The lowest BCUT2D eigenvalue weighted by Crippen LogP contribution is -1.86. The fourth-order valence-electron chi connectivity index (χ4n) is 1.59. The number of hydrogen-bond acceptors (Lipinski definition) is 3. The van der Waals surface area contributed by atoms with Crippen LogP contribution in [-0.2, 0) is 0 Å². The second-order valence-corrected chi connectivity index (χ2v) is 5.32. The number of rotatable bonds is 2. The van der Waals surface area contributed by atoms with Gasteiger partial charge in [0, 0.05) is 16.0 Å². The summed E-state index contributed by atoms with van der Waals surface area (Å²) in [5, 5.41) is 1.49. The summed E-state index contributed by atoms with van der Waals surface area (Å²) in [4.78, 5) is 0. The Labute approximate surface area is 115 Å². The van der Waals surface area contributed by atoms with Crippen LogP contribution < -0.4 is 4.74 Å². The van der Waals surface area contributed by atoms with E-state index in [9.17, 15) is 4.39 Å². The van der Waals surface area contributed by atoms with E-state index in [0.29, 0.717) is 5.06 Å². The van der Waals surface area contributed by atoms with E-state index in [-0.39, 0.29) is 5.75 Å². The summed E-state index contributed by atoms with van der Waals surface area (Å²) < 4.78 is 24.2. The molecule has 2 aromatic carbocycles. The lowest BCUT2D eigenvalue weighted by atomic mass is 10.2. The highest BCUT2D eigenvalue weighted by Gasteiger charge is 2.10. The highest BCUT2D eigenvalue weighted by atomic mass is 79.9. The summed E-state index contributed by atoms with van der Waals surface area (Å²) >= 11 is 4.51. The lowest BCUT2D eigenvalue weighted by Gasteiger charge is -2.04. The average molecular weight is 324 g/mol. The van der Waals surface area contributed by atoms with Gasteiger partial charge in [-0.05, 0) is 30.3 Å². The monoisotopic (exact) mass is 323 g/mol. The molecule has 1 heterocycles. The standard InChI is InChI=1S/C13H7BrFNOS/c14-8-5-6-10(15)12(7-8)17-13-9-3-1-2-4-11(9)16-18-13/h1-7H. The van der Waals surface area contributed by atoms with Gasteiger partial charge in [0.05, 0.1) is 10.9 Å². The first-order chi connectivity index (χ1) is 8.74. The van der Waals surface area contributed by atoms with Gasteiger partial charge >= 0.3 is 0 Å². The van der Waals surface area contributed by atoms with Crippen molar-refractivity contribution in [2.24, 2.45) is 0 Å². The van der Waals surface area contributed by atoms with Crippen LogP contribution in [0.4, 0.5) is 4.39 Å². The maximum atomic E-state index is 13.6. The Balaban J connectivity index is 2.04. The third kappa shape index (κ3) is 2.11. The topological polar surface area (TPSA) is 22.1 Å². The quantitative estimate of drug-likeness (QED) is 0.662. The molecular weight excluding hydrogens is 317 g/mol. The molecule has 0 aliphatic rings. The highest BCUT2D eigenvalue weighted by molar-refractivity contribution is 9.10. The number of ether oxygens (including phenoxy) is 1. The van der Waals surface area contributed by atoms with Crippen LogP contribution in [0.1, 0.15) is 0 Å². The molecule has 3 rings (SSSR count). The number of hydrogen-bond donors (Lipinski definition) is 0. The summed E-state index contributed by atoms with van der Waals surface area (Å²) in [6.07, 6.45) is 0. The first-order valence-electron chi connectivity index (χ1n) is 5.21. The number of benzene rings is 2. The van der Waals surface area contributed by atoms with Crippen LogP contribution in [0, 0.1) is 5.82 Å². The minimum atomic E-state index is -0.393. The smallest absolute Gasteiger partial charge is 0.208 e. The molecule has 90 valence electrons. The van der Waals surface area contributed by atoms with Crippen LogP contribution in [0.15, 0.2) is 46.9 Å². The SMILES string of the molecule is Fc1ccc(Br)cc1Oc1snc2ccccc12. The second-order valence-electron chi connectivity index (χ2n) is 3.66. The fourth-order valence-corrected chi connectivity index (χ4v) is 2.67. The van der Waals surface area contributed by atoms with Gasteiger partial charge in [0.1, 0.15) is 0 Å². The zero-order chi connectivity index (χ0) is 12.5. The molecule has 0 N–H and O–H groups in total. The van der Waals surface area contributed by atoms with Crippen LogP contribution in [0.3, 0.4) is 0 Å². The van der Waals surface area contributed by atoms with E-state index in [4.69, 9.17) is 4.74 Å². The van der Waals surface area contributed by atoms with Gasteiger partial charge in [-0.25, -0.2) is 4.39 Å². The van der Waals surface area contributed by atoms with E-state index in [1.165, 1.54) is 17.6 Å². The first kappa shape index (κ1) is 11.6. The van der Waals surface area contributed by atoms with Crippen molar-refractivity contribution in [2.45, 2.75) is 0 Å². The fraction of sp³-hybridized carbons (Fsp3) is 0. The largest absolute Gasteiger partial charge is 0.441 e. The molecule has 0 amide bonds. The van der Waals surface area contributed by atoms with E-state index in [2.05, 4.69) is 20.3 Å². The van der Waals surface area contributed by atoms with E-state index >= 15 is 0 Å². The molecule has 0 unspecified atom stereocenters. The van der Waals surface area contributed by atoms with Gasteiger partial charge in [-0.1, -0.05) is 28.1 Å². The van der Waals surface area contributed by atoms with Crippen LogP contribution in [0.5, 0.6) is 10.8 Å². The number of aromatic nitrogens is 1. The van der Waals surface area contributed by atoms with Gasteiger partial charge in [0.15, 0.2) is 11.6 Å². The molecule has 0 bridgehead atoms. The third-order valence-electron chi connectivity index (χ3n) is 2.45. The molecular formula is C13H7BrFNOS. The van der Waals surface area contributed by atoms with Crippen molar-refractivity contribution in [3.8, 4) is 10.8 Å². The Morgan fingerprint density at radius 3 is 2.89 bits per heavy atom. The lowest BCUT2D eigenvalue weighted by molar-refractivity contribution is 0.455. The predicted molar refractivity (Wildman–Crippen MR) is 73.8 cm³/mol. The van der Waals surface area contributed by atoms with Gasteiger partial charge in [-0.2, -0.15) is 4.37 Å². The van der Waals surface area contributed by atoms with E-state index < -0.39 is 5.82 Å². The Morgan fingerprint density at radius 1 is 1.17 bits per heavy atom. The second kappa shape index (κ2) is 4.66. The Hall–Kier alpha value is -1.46. The Morgan fingerprint density at radius 2 is 2.00 bits per heavy atom. The zero-order valence-electron chi connectivity index (χ0n) is 9.06. The number of nitrogens with zero attached hydrogens (tertiary/aromatic N) is 1. The van der Waals surface area contributed by atoms with E-state index in [0.717, 1.165) is 15.4 Å². The van der Waals surface area contributed by atoms with Crippen molar-refractivity contribution in [3.05, 3.63) is 52.8 Å². The van der Waals surface area contributed by atoms with Crippen molar-refractivity contribution < 1.29 is 9.13 Å². The molecule has 1 aromatic heterocycles. The minimum Gasteiger partial charge on any atom is -0.441 e. The third-order valence-corrected chi connectivity index (χ3v) is 3.70. The zero-order valence-corrected chi connectivity index (χ0v) is 11.5. The van der Waals surface area contributed by atoms with Gasteiger partial charge in [0.2, 0.25) is 5.06 Å². The van der Waals surface area contributed by atoms with Crippen LogP contribution >= 0.6 is 27.5 Å². The minimum absolute atomic E-state index is 0.193. The van der Waals surface area contributed by atoms with Crippen LogP contribution in [0.2, 0.25) is 0 Å². The molecule has 0 saturated carbocycles. The Kier molecular flexibility index (Phi) is 3.01. The molecule has 2 nitrogen and oxygen atoms in total. The summed E-state index contributed by atoms with van der Waals surface area (Å²) in [5.41, 5.74) is 0.855. The van der Waals surface area contributed by atoms with Crippen LogP contribution in [-0.4, -0.2) is 4.37 Å². The summed E-state index contributed by atoms with van der Waals surface area (Å²) in [6.45, 7) is 0. The molecule has 0 spiro atoms. The molecule has 5 heteroatoms. The average Bonchev–Trinajstić information content (AvgIpc) is 2.78. The summed E-state index contributed by atoms with van der Waals surface area (Å²) in [6, 6.07) is 12.2. The van der Waals surface area contributed by atoms with Crippen molar-refractivity contribution >= 4 is 38.4 Å². The Bertz CT molecular complexity index is 713. The molecule has 0 aliphatic heterocycles. The molecule has 0 atom stereocenters. The van der Waals surface area contributed by atoms with Gasteiger partial charge in [0.25, 0.3) is 0 Å². The molecule has 3 aromatic rings. The van der Waals surface area contributed by atoms with Gasteiger partial charge in [-0.15, -0.1) is 0 Å². The maximum Gasteiger partial charge on any atom is 0.208 e. The van der Waals surface area contributed by atoms with Gasteiger partial charge < -0.3 is 4.74 Å². The van der Waals surface area contributed by atoms with E-state index in [1.807, 2.05) is 24.3 Å². The van der Waals surface area contributed by atoms with Gasteiger partial charge in [-0.3, -0.25) is 0 Å². The maximum absolute atomic E-state index is 13.6. The molecule has 0 radical (unpaired) electrons. The molecule has 18 heavy (non-hydrogen) atoms. The number of fused-ring (bicyclic) bond motifs is 1. The van der Waals surface area contributed by atoms with Crippen molar-refractivity contribution in [3.63, 3.8) is 0 Å².